The fourth-order valence-electron chi connectivity index (χ4n) is 1.96. The van der Waals surface area contributed by atoms with E-state index in [0.29, 0.717) is 16.3 Å². The van der Waals surface area contributed by atoms with Crippen LogP contribution in [0.2, 0.25) is 5.02 Å². The summed E-state index contributed by atoms with van der Waals surface area (Å²) < 4.78 is 6.50. The molecule has 2 aromatic carbocycles. The van der Waals surface area contributed by atoms with Gasteiger partial charge in [-0.3, -0.25) is 0 Å². The smallest absolute Gasteiger partial charge is 0.345 e. The van der Waals surface area contributed by atoms with Gasteiger partial charge in [-0.2, -0.15) is 0 Å². The number of rotatable bonds is 2. The molecule has 0 aromatic heterocycles. The Hall–Kier alpha value is -1.32. The molecule has 0 spiro atoms. The molecule has 0 unspecified atom stereocenters. The molecule has 0 aliphatic rings. The van der Waals surface area contributed by atoms with E-state index in [0.717, 1.165) is 10.0 Å². The number of ether oxygens (including phenoxy) is 1. The number of hydrogen-bond acceptors (Lipinski definition) is 2. The minimum Gasteiger partial charge on any atom is -0.423 e. The van der Waals surface area contributed by atoms with E-state index in [9.17, 15) is 4.79 Å². The van der Waals surface area contributed by atoms with Crippen LogP contribution < -0.4 is 4.74 Å². The summed E-state index contributed by atoms with van der Waals surface area (Å²) in [7, 11) is 0. The van der Waals surface area contributed by atoms with Gasteiger partial charge in [-0.15, -0.1) is 0 Å². The molecule has 110 valence electrons. The van der Waals surface area contributed by atoms with Gasteiger partial charge in [0.15, 0.2) is 0 Å². The Balaban J connectivity index is 2.36. The lowest BCUT2D eigenvalue weighted by atomic mass is 9.86. The van der Waals surface area contributed by atoms with Crippen LogP contribution in [0.15, 0.2) is 46.9 Å². The summed E-state index contributed by atoms with van der Waals surface area (Å²) in [5.41, 5.74) is 1.18. The van der Waals surface area contributed by atoms with Gasteiger partial charge >= 0.3 is 5.97 Å². The van der Waals surface area contributed by atoms with Crippen LogP contribution in [0.4, 0.5) is 0 Å². The average Bonchev–Trinajstić information content (AvgIpc) is 2.40. The lowest BCUT2D eigenvalue weighted by Gasteiger charge is -2.22. The molecule has 2 aromatic rings. The molecule has 0 saturated carbocycles. The van der Waals surface area contributed by atoms with E-state index in [-0.39, 0.29) is 5.41 Å². The van der Waals surface area contributed by atoms with Crippen molar-refractivity contribution in [3.05, 3.63) is 63.1 Å². The molecule has 0 radical (unpaired) electrons. The molecule has 21 heavy (non-hydrogen) atoms. The molecule has 0 saturated heterocycles. The van der Waals surface area contributed by atoms with E-state index >= 15 is 0 Å². The number of halogens is 2. The van der Waals surface area contributed by atoms with E-state index < -0.39 is 5.97 Å². The van der Waals surface area contributed by atoms with Gasteiger partial charge < -0.3 is 4.74 Å². The molecule has 0 aliphatic heterocycles. The van der Waals surface area contributed by atoms with Gasteiger partial charge in [0.1, 0.15) is 5.75 Å². The maximum absolute atomic E-state index is 12.3. The van der Waals surface area contributed by atoms with Crippen molar-refractivity contribution in [3.8, 4) is 5.75 Å². The summed E-state index contributed by atoms with van der Waals surface area (Å²) in [4.78, 5) is 12.3. The highest BCUT2D eigenvalue weighted by Gasteiger charge is 2.22. The van der Waals surface area contributed by atoms with Gasteiger partial charge in [0.2, 0.25) is 0 Å². The van der Waals surface area contributed by atoms with Crippen molar-refractivity contribution in [3.63, 3.8) is 0 Å². The first-order valence-corrected chi connectivity index (χ1v) is 7.73. The molecule has 0 fully saturated rings. The third-order valence-corrected chi connectivity index (χ3v) is 3.87. The molecule has 0 N–H and O–H groups in total. The third-order valence-electron chi connectivity index (χ3n) is 3.05. The van der Waals surface area contributed by atoms with Crippen molar-refractivity contribution in [2.45, 2.75) is 26.2 Å². The quantitative estimate of drug-likeness (QED) is 0.508. The van der Waals surface area contributed by atoms with Crippen molar-refractivity contribution in [1.29, 1.82) is 0 Å². The average molecular weight is 368 g/mol. The first-order chi connectivity index (χ1) is 9.79. The maximum Gasteiger partial charge on any atom is 0.345 e. The van der Waals surface area contributed by atoms with Crippen LogP contribution in [0.25, 0.3) is 0 Å². The number of hydrogen-bond donors (Lipinski definition) is 0. The van der Waals surface area contributed by atoms with E-state index in [1.807, 2.05) is 12.1 Å². The van der Waals surface area contributed by atoms with Gasteiger partial charge in [-0.25, -0.2) is 4.79 Å². The predicted octanol–water partition coefficient (Wildman–Crippen LogP) is 5.62. The molecular weight excluding hydrogens is 352 g/mol. The van der Waals surface area contributed by atoms with E-state index in [1.54, 1.807) is 30.3 Å². The second-order valence-corrected chi connectivity index (χ2v) is 7.08. The van der Waals surface area contributed by atoms with Crippen LogP contribution in [-0.2, 0) is 5.41 Å². The topological polar surface area (TPSA) is 26.3 Å². The zero-order chi connectivity index (χ0) is 15.6. The van der Waals surface area contributed by atoms with Gasteiger partial charge in [0.25, 0.3) is 0 Å². The maximum atomic E-state index is 12.3. The van der Waals surface area contributed by atoms with Crippen molar-refractivity contribution in [2.75, 3.05) is 0 Å². The Morgan fingerprint density at radius 1 is 1.14 bits per heavy atom. The van der Waals surface area contributed by atoms with Crippen LogP contribution in [0.1, 0.15) is 36.7 Å². The number of esters is 1. The van der Waals surface area contributed by atoms with E-state index in [1.165, 1.54) is 0 Å². The minimum atomic E-state index is -0.451. The summed E-state index contributed by atoms with van der Waals surface area (Å²) in [6.07, 6.45) is 0. The Morgan fingerprint density at radius 3 is 2.43 bits per heavy atom. The summed E-state index contributed by atoms with van der Waals surface area (Å²) in [5, 5.41) is 0.386. The van der Waals surface area contributed by atoms with Gasteiger partial charge in [-0.1, -0.05) is 60.4 Å². The van der Waals surface area contributed by atoms with Crippen LogP contribution in [0.5, 0.6) is 5.75 Å². The normalized spacial score (nSPS) is 11.3. The second kappa shape index (κ2) is 6.20. The highest BCUT2D eigenvalue weighted by Crippen LogP contribution is 2.34. The summed E-state index contributed by atoms with van der Waals surface area (Å²) in [6, 6.07) is 12.5. The SMILES string of the molecule is CC(C)(C)c1cc(Br)ccc1OC(=O)c1ccccc1Cl. The number of carbonyl (C=O) groups excluding carboxylic acids is 1. The van der Waals surface area contributed by atoms with Gasteiger partial charge in [0, 0.05) is 10.0 Å². The highest BCUT2D eigenvalue weighted by atomic mass is 79.9. The van der Waals surface area contributed by atoms with Crippen LogP contribution in [-0.4, -0.2) is 5.97 Å². The Morgan fingerprint density at radius 2 is 1.81 bits per heavy atom. The molecule has 0 amide bonds. The number of carbonyl (C=O) groups is 1. The van der Waals surface area contributed by atoms with Crippen LogP contribution in [0.3, 0.4) is 0 Å². The zero-order valence-electron chi connectivity index (χ0n) is 12.1. The second-order valence-electron chi connectivity index (χ2n) is 5.76. The molecule has 0 heterocycles. The van der Waals surface area contributed by atoms with E-state index in [2.05, 4.69) is 36.7 Å². The lowest BCUT2D eigenvalue weighted by molar-refractivity contribution is 0.0732. The minimum absolute atomic E-state index is 0.139. The summed E-state index contributed by atoms with van der Waals surface area (Å²) in [5.74, 6) is 0.101. The molecule has 4 heteroatoms. The number of benzene rings is 2. The Kier molecular flexibility index (Phi) is 4.74. The Bertz CT molecular complexity index is 675. The van der Waals surface area contributed by atoms with Crippen molar-refractivity contribution in [2.24, 2.45) is 0 Å². The largest absolute Gasteiger partial charge is 0.423 e. The molecule has 0 atom stereocenters. The highest BCUT2D eigenvalue weighted by molar-refractivity contribution is 9.10. The van der Waals surface area contributed by atoms with Gasteiger partial charge in [0.05, 0.1) is 10.6 Å². The monoisotopic (exact) mass is 366 g/mol. The zero-order valence-corrected chi connectivity index (χ0v) is 14.5. The molecule has 0 bridgehead atoms. The Labute approximate surface area is 138 Å². The lowest BCUT2D eigenvalue weighted by Crippen LogP contribution is -2.16. The third kappa shape index (κ3) is 3.86. The van der Waals surface area contributed by atoms with Crippen LogP contribution in [0, 0.1) is 0 Å². The van der Waals surface area contributed by atoms with Crippen molar-refractivity contribution >= 4 is 33.5 Å². The fraction of sp³-hybridized carbons (Fsp3) is 0.235. The van der Waals surface area contributed by atoms with Crippen molar-refractivity contribution < 1.29 is 9.53 Å². The first-order valence-electron chi connectivity index (χ1n) is 6.56. The molecule has 2 nitrogen and oxygen atoms in total. The fourth-order valence-corrected chi connectivity index (χ4v) is 2.53. The summed E-state index contributed by atoms with van der Waals surface area (Å²) in [6.45, 7) is 6.21. The van der Waals surface area contributed by atoms with Crippen molar-refractivity contribution in [1.82, 2.24) is 0 Å². The summed E-state index contributed by atoms with van der Waals surface area (Å²) >= 11 is 9.48. The predicted molar refractivity (Wildman–Crippen MR) is 89.3 cm³/mol. The van der Waals surface area contributed by atoms with Gasteiger partial charge in [-0.05, 0) is 35.7 Å². The first kappa shape index (κ1) is 16.1. The molecule has 0 aliphatic carbocycles. The van der Waals surface area contributed by atoms with Crippen LogP contribution >= 0.6 is 27.5 Å². The molecular formula is C17H16BrClO2. The van der Waals surface area contributed by atoms with E-state index in [4.69, 9.17) is 16.3 Å². The standard InChI is InChI=1S/C17H16BrClO2/c1-17(2,3)13-10-11(18)8-9-15(13)21-16(20)12-6-4-5-7-14(12)19/h4-10H,1-3H3. The molecule has 2 rings (SSSR count).